The molecule has 28 heavy (non-hydrogen) atoms. The van der Waals surface area contributed by atoms with Gasteiger partial charge in [-0.2, -0.15) is 5.10 Å². The molecule has 0 aliphatic carbocycles. The van der Waals surface area contributed by atoms with E-state index < -0.39 is 5.97 Å². The first-order chi connectivity index (χ1) is 13.7. The van der Waals surface area contributed by atoms with Crippen LogP contribution in [-0.4, -0.2) is 25.7 Å². The second-order valence-electron chi connectivity index (χ2n) is 6.15. The molecule has 0 amide bonds. The lowest BCUT2D eigenvalue weighted by Gasteiger charge is -2.10. The quantitative estimate of drug-likeness (QED) is 0.516. The van der Waals surface area contributed by atoms with Gasteiger partial charge in [0.05, 0.1) is 5.56 Å². The molecule has 0 aliphatic heterocycles. The van der Waals surface area contributed by atoms with Gasteiger partial charge in [-0.05, 0) is 48.4 Å². The summed E-state index contributed by atoms with van der Waals surface area (Å²) in [7, 11) is 0. The third kappa shape index (κ3) is 3.37. The van der Waals surface area contributed by atoms with E-state index in [0.717, 1.165) is 17.2 Å². The average Bonchev–Trinajstić information content (AvgIpc) is 3.10. The molecule has 0 spiro atoms. The summed E-state index contributed by atoms with van der Waals surface area (Å²) in [4.78, 5) is 15.8. The number of aromatic nitrogens is 3. The molecular weight excluding hydrogens is 356 g/mol. The van der Waals surface area contributed by atoms with Gasteiger partial charge in [-0.25, -0.2) is 14.3 Å². The van der Waals surface area contributed by atoms with E-state index in [1.54, 1.807) is 4.52 Å². The second kappa shape index (κ2) is 7.40. The fourth-order valence-electron chi connectivity index (χ4n) is 3.07. The molecule has 0 bridgehead atoms. The molecule has 7 nitrogen and oxygen atoms in total. The van der Waals surface area contributed by atoms with Crippen LogP contribution in [0.3, 0.4) is 0 Å². The number of benzene rings is 2. The van der Waals surface area contributed by atoms with Crippen LogP contribution < -0.4 is 10.1 Å². The monoisotopic (exact) mass is 374 g/mol. The molecule has 0 atom stereocenters. The molecule has 4 aromatic rings. The molecule has 0 fully saturated rings. The number of ether oxygens (including phenoxy) is 1. The molecule has 0 unspecified atom stereocenters. The molecule has 7 heteroatoms. The smallest absolute Gasteiger partial charge is 0.337 e. The van der Waals surface area contributed by atoms with Crippen molar-refractivity contribution in [1.29, 1.82) is 0 Å². The van der Waals surface area contributed by atoms with E-state index >= 15 is 0 Å². The highest BCUT2D eigenvalue weighted by Gasteiger charge is 2.19. The highest BCUT2D eigenvalue weighted by molar-refractivity contribution is 5.94. The zero-order valence-corrected chi connectivity index (χ0v) is 15.2. The Bertz CT molecular complexity index is 1120. The Labute approximate surface area is 161 Å². The SMILES string of the molecule is CCc1c(C(=O)O)cn2ncnc(Nc3ccc(Oc4ccccc4)cc3)c12. The number of anilines is 2. The second-order valence-corrected chi connectivity index (χ2v) is 6.15. The lowest BCUT2D eigenvalue weighted by molar-refractivity contribution is 0.0696. The standard InChI is InChI=1S/C21H18N4O3/c1-2-17-18(21(26)27)12-25-19(17)20(22-13-23-25)24-14-8-10-16(11-9-14)28-15-6-4-3-5-7-15/h3-13H,2H2,1H3,(H,26,27)(H,22,23,24). The largest absolute Gasteiger partial charge is 0.478 e. The number of aromatic carboxylic acids is 1. The van der Waals surface area contributed by atoms with E-state index in [9.17, 15) is 9.90 Å². The number of carboxylic acid groups (broad SMARTS) is 1. The number of fused-ring (bicyclic) bond motifs is 1. The number of hydrogen-bond donors (Lipinski definition) is 2. The van der Waals surface area contributed by atoms with Crippen LogP contribution in [0.4, 0.5) is 11.5 Å². The molecule has 140 valence electrons. The number of aryl methyl sites for hydroxylation is 1. The molecule has 2 N–H and O–H groups in total. The molecule has 0 radical (unpaired) electrons. The maximum Gasteiger partial charge on any atom is 0.337 e. The Balaban J connectivity index is 1.62. The Morgan fingerprint density at radius 2 is 1.82 bits per heavy atom. The topological polar surface area (TPSA) is 88.8 Å². The minimum Gasteiger partial charge on any atom is -0.478 e. The third-order valence-electron chi connectivity index (χ3n) is 4.36. The molecule has 0 aliphatic rings. The highest BCUT2D eigenvalue weighted by atomic mass is 16.5. The summed E-state index contributed by atoms with van der Waals surface area (Å²) in [6, 6.07) is 17.0. The highest BCUT2D eigenvalue weighted by Crippen LogP contribution is 2.28. The van der Waals surface area contributed by atoms with Crippen molar-refractivity contribution in [1.82, 2.24) is 14.6 Å². The first-order valence-corrected chi connectivity index (χ1v) is 8.84. The Kier molecular flexibility index (Phi) is 4.63. The van der Waals surface area contributed by atoms with Crippen molar-refractivity contribution in [3.8, 4) is 11.5 Å². The molecule has 0 saturated heterocycles. The molecule has 2 aromatic heterocycles. The molecule has 4 rings (SSSR count). The zero-order chi connectivity index (χ0) is 19.5. The predicted octanol–water partition coefficient (Wildman–Crippen LogP) is 4.53. The lowest BCUT2D eigenvalue weighted by atomic mass is 10.1. The molecular formula is C21H18N4O3. The van der Waals surface area contributed by atoms with Crippen molar-refractivity contribution in [3.05, 3.63) is 78.2 Å². The lowest BCUT2D eigenvalue weighted by Crippen LogP contribution is -2.01. The average molecular weight is 374 g/mol. The Morgan fingerprint density at radius 1 is 1.11 bits per heavy atom. The fourth-order valence-corrected chi connectivity index (χ4v) is 3.07. The molecule has 2 heterocycles. The number of para-hydroxylation sites is 1. The van der Waals surface area contributed by atoms with Crippen LogP contribution in [0.15, 0.2) is 67.1 Å². The first kappa shape index (κ1) is 17.5. The van der Waals surface area contributed by atoms with E-state index in [1.165, 1.54) is 12.5 Å². The molecule has 2 aromatic carbocycles. The van der Waals surface area contributed by atoms with Crippen LogP contribution in [0, 0.1) is 0 Å². The van der Waals surface area contributed by atoms with Crippen molar-refractivity contribution in [2.24, 2.45) is 0 Å². The van der Waals surface area contributed by atoms with Crippen LogP contribution in [0.1, 0.15) is 22.8 Å². The number of rotatable bonds is 6. The summed E-state index contributed by atoms with van der Waals surface area (Å²) in [6.07, 6.45) is 3.47. The number of carboxylic acids is 1. The summed E-state index contributed by atoms with van der Waals surface area (Å²) in [5, 5.41) is 16.8. The van der Waals surface area contributed by atoms with E-state index in [2.05, 4.69) is 15.4 Å². The van der Waals surface area contributed by atoms with Gasteiger partial charge in [-0.3, -0.25) is 0 Å². The van der Waals surface area contributed by atoms with Crippen molar-refractivity contribution in [2.45, 2.75) is 13.3 Å². The van der Waals surface area contributed by atoms with Crippen molar-refractivity contribution >= 4 is 23.0 Å². The maximum atomic E-state index is 11.5. The maximum absolute atomic E-state index is 11.5. The summed E-state index contributed by atoms with van der Waals surface area (Å²) in [6.45, 7) is 1.91. The fraction of sp³-hybridized carbons (Fsp3) is 0.0952. The number of carbonyl (C=O) groups is 1. The van der Waals surface area contributed by atoms with Gasteiger partial charge in [0.25, 0.3) is 0 Å². The van der Waals surface area contributed by atoms with Gasteiger partial charge >= 0.3 is 5.97 Å². The minimum atomic E-state index is -0.976. The molecule has 0 saturated carbocycles. The van der Waals surface area contributed by atoms with Crippen LogP contribution in [-0.2, 0) is 6.42 Å². The third-order valence-corrected chi connectivity index (χ3v) is 4.36. The summed E-state index contributed by atoms with van der Waals surface area (Å²) in [5.41, 5.74) is 2.39. The van der Waals surface area contributed by atoms with E-state index in [4.69, 9.17) is 4.74 Å². The first-order valence-electron chi connectivity index (χ1n) is 8.84. The van der Waals surface area contributed by atoms with Crippen LogP contribution in [0.2, 0.25) is 0 Å². The number of nitrogens with one attached hydrogen (secondary N) is 1. The van der Waals surface area contributed by atoms with Gasteiger partial charge in [0.1, 0.15) is 23.3 Å². The Hall–Kier alpha value is -3.87. The van der Waals surface area contributed by atoms with Crippen molar-refractivity contribution in [3.63, 3.8) is 0 Å². The van der Waals surface area contributed by atoms with Gasteiger partial charge in [0.2, 0.25) is 0 Å². The summed E-state index contributed by atoms with van der Waals surface area (Å²) < 4.78 is 7.34. The van der Waals surface area contributed by atoms with Crippen molar-refractivity contribution < 1.29 is 14.6 Å². The van der Waals surface area contributed by atoms with Gasteiger partial charge < -0.3 is 15.2 Å². The number of hydrogen-bond acceptors (Lipinski definition) is 5. The van der Waals surface area contributed by atoms with Gasteiger partial charge in [0.15, 0.2) is 5.82 Å². The normalized spacial score (nSPS) is 10.8. The van der Waals surface area contributed by atoms with Gasteiger partial charge in [-0.1, -0.05) is 25.1 Å². The van der Waals surface area contributed by atoms with E-state index in [-0.39, 0.29) is 5.56 Å². The summed E-state index contributed by atoms with van der Waals surface area (Å²) in [5.74, 6) is 1.06. The van der Waals surface area contributed by atoms with E-state index in [1.807, 2.05) is 61.5 Å². The van der Waals surface area contributed by atoms with Crippen LogP contribution in [0.5, 0.6) is 11.5 Å². The van der Waals surface area contributed by atoms with Crippen molar-refractivity contribution in [2.75, 3.05) is 5.32 Å². The Morgan fingerprint density at radius 3 is 2.50 bits per heavy atom. The summed E-state index contributed by atoms with van der Waals surface area (Å²) >= 11 is 0. The van der Waals surface area contributed by atoms with Gasteiger partial charge in [0, 0.05) is 11.9 Å². The number of nitrogens with zero attached hydrogens (tertiary/aromatic N) is 3. The minimum absolute atomic E-state index is 0.234. The van der Waals surface area contributed by atoms with Crippen LogP contribution in [0.25, 0.3) is 5.52 Å². The van der Waals surface area contributed by atoms with E-state index in [0.29, 0.717) is 23.3 Å². The van der Waals surface area contributed by atoms with Crippen LogP contribution >= 0.6 is 0 Å². The predicted molar refractivity (Wildman–Crippen MR) is 106 cm³/mol. The van der Waals surface area contributed by atoms with Gasteiger partial charge in [-0.15, -0.1) is 0 Å². The zero-order valence-electron chi connectivity index (χ0n) is 15.2.